The van der Waals surface area contributed by atoms with Crippen LogP contribution in [0.4, 0.5) is 5.82 Å². The zero-order valence-corrected chi connectivity index (χ0v) is 23.5. The number of anilines is 1. The van der Waals surface area contributed by atoms with Crippen LogP contribution in [0.25, 0.3) is 0 Å². The van der Waals surface area contributed by atoms with E-state index in [0.29, 0.717) is 5.75 Å². The van der Waals surface area contributed by atoms with Crippen molar-refractivity contribution in [3.8, 4) is 0 Å². The van der Waals surface area contributed by atoms with Crippen LogP contribution in [0.3, 0.4) is 0 Å². The van der Waals surface area contributed by atoms with E-state index in [9.17, 15) is 19.4 Å². The number of aromatic nitrogens is 2. The van der Waals surface area contributed by atoms with Crippen molar-refractivity contribution in [2.45, 2.75) is 83.8 Å². The van der Waals surface area contributed by atoms with Gasteiger partial charge in [0.05, 0.1) is 25.9 Å². The molecule has 1 aromatic rings. The first-order valence-corrected chi connectivity index (χ1v) is 16.4. The van der Waals surface area contributed by atoms with E-state index in [0.717, 1.165) is 5.75 Å². The summed E-state index contributed by atoms with van der Waals surface area (Å²) in [4.78, 5) is 25.3. The highest BCUT2D eigenvalue weighted by Crippen LogP contribution is 2.42. The molecule has 0 aliphatic carbocycles. The monoisotopic (exact) mass is 556 g/mol. The number of hydrogen-bond donors (Lipinski definition) is 4. The number of hydrogen-bond acceptors (Lipinski definition) is 10. The molecule has 0 spiro atoms. The molecule has 35 heavy (non-hydrogen) atoms. The van der Waals surface area contributed by atoms with E-state index >= 15 is 0 Å². The number of nitrogen functional groups attached to an aromatic ring is 1. The van der Waals surface area contributed by atoms with Gasteiger partial charge >= 0.3 is 13.3 Å². The topological polar surface area (TPSA) is 172 Å². The molecular formula is C22H45N4O6PS2. The summed E-state index contributed by atoms with van der Waals surface area (Å²) in [5, 5.41) is 9.44. The van der Waals surface area contributed by atoms with Gasteiger partial charge in [-0.15, -0.1) is 0 Å². The van der Waals surface area contributed by atoms with Gasteiger partial charge in [0.2, 0.25) is 0 Å². The SMILES string of the molecule is CCCCCCCCCCCCSSCCOP(=O)(O)CO[C@H](CO)Cn1ccc(N)nc1=O.N. The summed E-state index contributed by atoms with van der Waals surface area (Å²) in [5.74, 6) is 1.76. The van der Waals surface area contributed by atoms with Crippen LogP contribution in [0.2, 0.25) is 0 Å². The molecule has 2 atom stereocenters. The molecular weight excluding hydrogens is 511 g/mol. The molecule has 1 heterocycles. The predicted molar refractivity (Wildman–Crippen MR) is 147 cm³/mol. The van der Waals surface area contributed by atoms with E-state index in [1.54, 1.807) is 21.6 Å². The van der Waals surface area contributed by atoms with Crippen molar-refractivity contribution in [1.82, 2.24) is 15.7 Å². The molecule has 0 saturated carbocycles. The molecule has 1 unspecified atom stereocenters. The maximum Gasteiger partial charge on any atom is 0.353 e. The molecule has 0 aromatic carbocycles. The van der Waals surface area contributed by atoms with Crippen LogP contribution < -0.4 is 17.6 Å². The number of nitrogens with zero attached hydrogens (tertiary/aromatic N) is 2. The average molecular weight is 557 g/mol. The second-order valence-corrected chi connectivity index (χ2v) is 12.7. The lowest BCUT2D eigenvalue weighted by molar-refractivity contribution is 0.0170. The highest BCUT2D eigenvalue weighted by Gasteiger charge is 2.22. The Kier molecular flexibility index (Phi) is 21.1. The zero-order chi connectivity index (χ0) is 25.1. The highest BCUT2D eigenvalue weighted by atomic mass is 33.1. The van der Waals surface area contributed by atoms with Gasteiger partial charge in [0.25, 0.3) is 0 Å². The molecule has 1 rings (SSSR count). The second-order valence-electron chi connectivity index (χ2n) is 8.18. The first-order valence-electron chi connectivity index (χ1n) is 12.1. The van der Waals surface area contributed by atoms with Gasteiger partial charge in [-0.2, -0.15) is 4.98 Å². The maximum atomic E-state index is 12.1. The van der Waals surface area contributed by atoms with Crippen LogP contribution in [0, 0.1) is 0 Å². The molecule has 206 valence electrons. The molecule has 0 radical (unpaired) electrons. The fourth-order valence-corrected chi connectivity index (χ4v) is 6.13. The van der Waals surface area contributed by atoms with Crippen molar-refractivity contribution in [1.29, 1.82) is 0 Å². The van der Waals surface area contributed by atoms with Gasteiger partial charge in [0, 0.05) is 17.7 Å². The third-order valence-corrected chi connectivity index (χ3v) is 8.61. The largest absolute Gasteiger partial charge is 0.394 e. The van der Waals surface area contributed by atoms with Gasteiger partial charge in [0.15, 0.2) is 0 Å². The minimum Gasteiger partial charge on any atom is -0.394 e. The average Bonchev–Trinajstić information content (AvgIpc) is 2.80. The van der Waals surface area contributed by atoms with Crippen LogP contribution in [0.5, 0.6) is 0 Å². The molecule has 0 saturated heterocycles. The van der Waals surface area contributed by atoms with Crippen LogP contribution in [0.1, 0.15) is 71.1 Å². The molecule has 7 N–H and O–H groups in total. The normalized spacial score (nSPS) is 13.8. The van der Waals surface area contributed by atoms with E-state index in [-0.39, 0.29) is 25.1 Å². The Morgan fingerprint density at radius 1 is 1.09 bits per heavy atom. The molecule has 0 bridgehead atoms. The molecule has 10 nitrogen and oxygen atoms in total. The van der Waals surface area contributed by atoms with Gasteiger partial charge in [-0.05, 0) is 12.5 Å². The van der Waals surface area contributed by atoms with E-state index in [4.69, 9.17) is 15.0 Å². The van der Waals surface area contributed by atoms with Crippen molar-refractivity contribution >= 4 is 35.0 Å². The van der Waals surface area contributed by atoms with Gasteiger partial charge in [-0.3, -0.25) is 9.13 Å². The summed E-state index contributed by atoms with van der Waals surface area (Å²) in [5.41, 5.74) is 4.86. The fraction of sp³-hybridized carbons (Fsp3) is 0.818. The zero-order valence-electron chi connectivity index (χ0n) is 21.0. The van der Waals surface area contributed by atoms with Gasteiger partial charge < -0.3 is 31.1 Å². The number of nitrogens with two attached hydrogens (primary N) is 1. The van der Waals surface area contributed by atoms with Crippen molar-refractivity contribution in [3.05, 3.63) is 22.7 Å². The molecule has 13 heteroatoms. The van der Waals surface area contributed by atoms with Crippen LogP contribution in [0.15, 0.2) is 17.1 Å². The Morgan fingerprint density at radius 3 is 2.29 bits per heavy atom. The lowest BCUT2D eigenvalue weighted by Gasteiger charge is -2.19. The third kappa shape index (κ3) is 18.3. The minimum atomic E-state index is -3.95. The smallest absolute Gasteiger partial charge is 0.353 e. The summed E-state index contributed by atoms with van der Waals surface area (Å²) in [6.07, 6.45) is 13.2. The number of ether oxygens (including phenoxy) is 1. The number of unbranched alkanes of at least 4 members (excludes halogenated alkanes) is 9. The maximum absolute atomic E-state index is 12.1. The molecule has 0 aliphatic heterocycles. The van der Waals surface area contributed by atoms with E-state index < -0.39 is 32.3 Å². The van der Waals surface area contributed by atoms with Gasteiger partial charge in [-0.25, -0.2) is 4.79 Å². The molecule has 0 fully saturated rings. The minimum absolute atomic E-state index is 0. The number of rotatable bonds is 22. The van der Waals surface area contributed by atoms with Gasteiger partial charge in [-0.1, -0.05) is 86.3 Å². The second kappa shape index (κ2) is 21.5. The van der Waals surface area contributed by atoms with Gasteiger partial charge in [0.1, 0.15) is 12.2 Å². The number of aliphatic hydroxyl groups is 1. The number of aliphatic hydroxyl groups excluding tert-OH is 1. The summed E-state index contributed by atoms with van der Waals surface area (Å²) in [6, 6.07) is 1.45. The lowest BCUT2D eigenvalue weighted by Crippen LogP contribution is -2.32. The van der Waals surface area contributed by atoms with Crippen molar-refractivity contribution in [2.75, 3.05) is 36.8 Å². The standard InChI is InChI=1S/C22H42N3O6PS2.H3N/c1-2-3-4-5-6-7-8-9-10-11-15-33-34-16-14-31-32(28,29)19-30-20(18-26)17-25-13-12-21(23)24-22(25)27;/h12-13,20,26H,2-11,14-19H2,1H3,(H,28,29)(H2,23,24,27);1H3/t20-;/m0./s1. The molecule has 0 aliphatic rings. The fourth-order valence-electron chi connectivity index (χ4n) is 3.18. The highest BCUT2D eigenvalue weighted by molar-refractivity contribution is 8.76. The van der Waals surface area contributed by atoms with E-state index in [1.807, 2.05) is 0 Å². The summed E-state index contributed by atoms with van der Waals surface area (Å²) in [6.45, 7) is 1.93. The summed E-state index contributed by atoms with van der Waals surface area (Å²) in [7, 11) is -0.559. The lowest BCUT2D eigenvalue weighted by atomic mass is 10.1. The Balaban J connectivity index is 0.0000116. The van der Waals surface area contributed by atoms with Crippen molar-refractivity contribution in [2.24, 2.45) is 0 Å². The summed E-state index contributed by atoms with van der Waals surface area (Å²) < 4.78 is 23.8. The van der Waals surface area contributed by atoms with Crippen LogP contribution in [-0.2, 0) is 20.4 Å². The van der Waals surface area contributed by atoms with Crippen molar-refractivity contribution in [3.63, 3.8) is 0 Å². The van der Waals surface area contributed by atoms with Crippen LogP contribution in [-0.4, -0.2) is 56.7 Å². The quantitative estimate of drug-likeness (QED) is 0.0875. The Bertz CT molecular complexity index is 759. The Labute approximate surface area is 217 Å². The van der Waals surface area contributed by atoms with Crippen LogP contribution >= 0.6 is 29.2 Å². The van der Waals surface area contributed by atoms with E-state index in [1.165, 1.54) is 81.0 Å². The Morgan fingerprint density at radius 2 is 1.69 bits per heavy atom. The summed E-state index contributed by atoms with van der Waals surface area (Å²) >= 11 is 0. The molecule has 0 amide bonds. The third-order valence-electron chi connectivity index (χ3n) is 5.10. The van der Waals surface area contributed by atoms with Crippen molar-refractivity contribution < 1.29 is 23.8 Å². The first kappa shape index (κ1) is 34.4. The van der Waals surface area contributed by atoms with E-state index in [2.05, 4.69) is 11.9 Å². The predicted octanol–water partition coefficient (Wildman–Crippen LogP) is 4.83. The Hall–Kier alpha value is -0.590. The first-order chi connectivity index (χ1) is 16.4. The molecule has 1 aromatic heterocycles.